The molecule has 0 amide bonds. The van der Waals surface area contributed by atoms with E-state index in [1.807, 2.05) is 0 Å². The molecule has 0 spiro atoms. The van der Waals surface area contributed by atoms with Crippen molar-refractivity contribution in [1.29, 1.82) is 0 Å². The van der Waals surface area contributed by atoms with Crippen molar-refractivity contribution in [3.8, 4) is 0 Å². The number of ether oxygens (including phenoxy) is 6. The molecule has 6 saturated heterocycles. The van der Waals surface area contributed by atoms with Gasteiger partial charge in [-0.1, -0.05) is 0 Å². The van der Waals surface area contributed by atoms with E-state index in [0.717, 1.165) is 78.2 Å². The Labute approximate surface area is 214 Å². The average molecular weight is 508 g/mol. The predicted molar refractivity (Wildman–Crippen MR) is 131 cm³/mol. The van der Waals surface area contributed by atoms with Gasteiger partial charge in [0.25, 0.3) is 0 Å². The summed E-state index contributed by atoms with van der Waals surface area (Å²) in [7, 11) is 0. The van der Waals surface area contributed by atoms with Gasteiger partial charge in [0, 0.05) is 0 Å². The number of epoxide rings is 6. The number of hydrogen-bond donors (Lipinski definition) is 3. The van der Waals surface area contributed by atoms with Crippen molar-refractivity contribution < 1.29 is 28.4 Å². The molecule has 1 saturated carbocycles. The third kappa shape index (κ3) is 4.46. The smallest absolute Gasteiger partial charge is 0.0815 e. The Hall–Kier alpha value is -0.360. The number of rotatable bonds is 15. The van der Waals surface area contributed by atoms with E-state index in [1.165, 1.54) is 0 Å². The standard InChI is InChI=1S/C27H45N3O6/c28-13-25(4-19-10-34-19)22(1-16-7-31-16)26(14-29,5-20-11-35-20)24(3-18-9-33-18)27(15-30,6-21-12-36-21)23(25)2-17-8-32-17/h16-24H,1-15,28-30H2. The molecule has 0 radical (unpaired) electrons. The largest absolute Gasteiger partial charge is 0.373 e. The van der Waals surface area contributed by atoms with Crippen LogP contribution in [0.15, 0.2) is 0 Å². The Morgan fingerprint density at radius 3 is 0.806 bits per heavy atom. The zero-order chi connectivity index (χ0) is 24.5. The van der Waals surface area contributed by atoms with Crippen molar-refractivity contribution in [3.05, 3.63) is 0 Å². The van der Waals surface area contributed by atoms with E-state index in [0.29, 0.717) is 55.7 Å². The van der Waals surface area contributed by atoms with Gasteiger partial charge in [0.05, 0.1) is 76.3 Å². The summed E-state index contributed by atoms with van der Waals surface area (Å²) in [4.78, 5) is 0. The highest BCUT2D eigenvalue weighted by atomic mass is 16.6. The first kappa shape index (κ1) is 24.7. The van der Waals surface area contributed by atoms with Gasteiger partial charge >= 0.3 is 0 Å². The Bertz CT molecular complexity index is 689. The van der Waals surface area contributed by atoms with Crippen LogP contribution >= 0.6 is 0 Å². The minimum atomic E-state index is -0.150. The molecule has 7 rings (SSSR count). The molecule has 0 aromatic heterocycles. The first-order valence-electron chi connectivity index (χ1n) is 14.3. The molecule has 6 atom stereocenters. The lowest BCUT2D eigenvalue weighted by molar-refractivity contribution is -0.213. The second-order valence-electron chi connectivity index (χ2n) is 13.0. The van der Waals surface area contributed by atoms with Gasteiger partial charge < -0.3 is 45.6 Å². The van der Waals surface area contributed by atoms with Gasteiger partial charge in [0.1, 0.15) is 0 Å². The van der Waals surface area contributed by atoms with Crippen molar-refractivity contribution >= 4 is 0 Å². The first-order chi connectivity index (χ1) is 17.5. The lowest BCUT2D eigenvalue weighted by Gasteiger charge is -2.69. The fourth-order valence-corrected chi connectivity index (χ4v) is 9.04. The molecule has 6 aliphatic heterocycles. The first-order valence-corrected chi connectivity index (χ1v) is 14.3. The maximum absolute atomic E-state index is 6.98. The van der Waals surface area contributed by atoms with Gasteiger partial charge in [-0.25, -0.2) is 0 Å². The van der Waals surface area contributed by atoms with Gasteiger partial charge in [-0.15, -0.1) is 0 Å². The highest BCUT2D eigenvalue weighted by molar-refractivity contribution is 5.20. The Balaban J connectivity index is 1.41. The molecular formula is C27H45N3O6. The van der Waals surface area contributed by atoms with E-state index < -0.39 is 0 Å². The van der Waals surface area contributed by atoms with Crippen LogP contribution in [0, 0.1) is 34.0 Å². The van der Waals surface area contributed by atoms with E-state index in [1.54, 1.807) is 0 Å². The summed E-state index contributed by atoms with van der Waals surface area (Å²) < 4.78 is 35.5. The topological polar surface area (TPSA) is 153 Å². The molecule has 7 aliphatic rings. The quantitative estimate of drug-likeness (QED) is 0.268. The molecule has 6 unspecified atom stereocenters. The molecule has 0 aromatic rings. The minimum Gasteiger partial charge on any atom is -0.373 e. The molecule has 1 aliphatic carbocycles. The summed E-state index contributed by atoms with van der Waals surface area (Å²) in [5.41, 5.74) is 20.5. The van der Waals surface area contributed by atoms with Crippen molar-refractivity contribution in [2.45, 2.75) is 75.1 Å². The van der Waals surface area contributed by atoms with Crippen LogP contribution in [0.3, 0.4) is 0 Å². The summed E-state index contributed by atoms with van der Waals surface area (Å²) in [5, 5.41) is 0. The summed E-state index contributed by atoms with van der Waals surface area (Å²) in [5.74, 6) is 0.939. The molecule has 9 nitrogen and oxygen atoms in total. The van der Waals surface area contributed by atoms with Crippen LogP contribution in [-0.4, -0.2) is 95.9 Å². The van der Waals surface area contributed by atoms with E-state index >= 15 is 0 Å². The third-order valence-corrected chi connectivity index (χ3v) is 11.0. The van der Waals surface area contributed by atoms with Crippen LogP contribution in [0.4, 0.5) is 0 Å². The second kappa shape index (κ2) is 9.10. The molecule has 7 fully saturated rings. The van der Waals surface area contributed by atoms with Crippen LogP contribution in [0.1, 0.15) is 38.5 Å². The maximum Gasteiger partial charge on any atom is 0.0815 e. The van der Waals surface area contributed by atoms with Crippen LogP contribution in [0.5, 0.6) is 0 Å². The lowest BCUT2D eigenvalue weighted by Crippen LogP contribution is -2.71. The van der Waals surface area contributed by atoms with Crippen molar-refractivity contribution in [1.82, 2.24) is 0 Å². The van der Waals surface area contributed by atoms with Crippen molar-refractivity contribution in [2.24, 2.45) is 51.2 Å². The summed E-state index contributed by atoms with van der Waals surface area (Å²) in [6.07, 6.45) is 7.56. The average Bonchev–Trinajstić information content (AvgIpc) is 3.68. The molecule has 9 heteroatoms. The molecule has 36 heavy (non-hydrogen) atoms. The lowest BCUT2D eigenvalue weighted by atomic mass is 9.35. The van der Waals surface area contributed by atoms with E-state index in [9.17, 15) is 0 Å². The van der Waals surface area contributed by atoms with Gasteiger partial charge in [-0.2, -0.15) is 0 Å². The maximum atomic E-state index is 6.98. The van der Waals surface area contributed by atoms with Gasteiger partial charge in [0.2, 0.25) is 0 Å². The van der Waals surface area contributed by atoms with Crippen LogP contribution in [-0.2, 0) is 28.4 Å². The fourth-order valence-electron chi connectivity index (χ4n) is 9.04. The van der Waals surface area contributed by atoms with Crippen molar-refractivity contribution in [2.75, 3.05) is 59.3 Å². The second-order valence-corrected chi connectivity index (χ2v) is 13.0. The molecule has 6 N–H and O–H groups in total. The summed E-state index contributed by atoms with van der Waals surface area (Å²) in [6, 6.07) is 0. The molecule has 204 valence electrons. The van der Waals surface area contributed by atoms with E-state index in [4.69, 9.17) is 45.6 Å². The Morgan fingerprint density at radius 1 is 0.417 bits per heavy atom. The third-order valence-electron chi connectivity index (χ3n) is 11.0. The highest BCUT2D eigenvalue weighted by Gasteiger charge is 2.71. The Morgan fingerprint density at radius 2 is 0.639 bits per heavy atom. The van der Waals surface area contributed by atoms with Gasteiger partial charge in [0.15, 0.2) is 0 Å². The summed E-state index contributed by atoms with van der Waals surface area (Å²) in [6.45, 7) is 6.79. The van der Waals surface area contributed by atoms with E-state index in [2.05, 4.69) is 0 Å². The van der Waals surface area contributed by atoms with Crippen LogP contribution in [0.2, 0.25) is 0 Å². The van der Waals surface area contributed by atoms with E-state index in [-0.39, 0.29) is 34.6 Å². The fraction of sp³-hybridized carbons (Fsp3) is 1.00. The molecule has 0 aromatic carbocycles. The minimum absolute atomic E-state index is 0.150. The van der Waals surface area contributed by atoms with Gasteiger partial charge in [-0.05, 0) is 92.2 Å². The number of hydrogen-bond acceptors (Lipinski definition) is 9. The molecule has 6 heterocycles. The molecular weight excluding hydrogens is 462 g/mol. The normalized spacial score (nSPS) is 54.2. The van der Waals surface area contributed by atoms with Crippen LogP contribution in [0.25, 0.3) is 0 Å². The number of nitrogens with two attached hydrogens (primary N) is 3. The monoisotopic (exact) mass is 507 g/mol. The zero-order valence-electron chi connectivity index (χ0n) is 21.5. The summed E-state index contributed by atoms with van der Waals surface area (Å²) >= 11 is 0. The van der Waals surface area contributed by atoms with Crippen molar-refractivity contribution in [3.63, 3.8) is 0 Å². The predicted octanol–water partition coefficient (Wildman–Crippen LogP) is 0.417. The van der Waals surface area contributed by atoms with Gasteiger partial charge in [-0.3, -0.25) is 0 Å². The van der Waals surface area contributed by atoms with Crippen LogP contribution < -0.4 is 17.2 Å². The molecule has 0 bridgehead atoms. The zero-order valence-corrected chi connectivity index (χ0v) is 21.5. The highest BCUT2D eigenvalue weighted by Crippen LogP contribution is 2.72. The Kier molecular flexibility index (Phi) is 6.23. The SMILES string of the molecule is NCC1(CC2CO2)C(CC2CO2)C(CN)(CC2CO2)C(CC2CO2)C(CN)(CC2CO2)C1CC1CO1.